The number of hydrogen-bond donors (Lipinski definition) is 3. The van der Waals surface area contributed by atoms with E-state index in [1.54, 1.807) is 4.90 Å². The Morgan fingerprint density at radius 3 is 2.54 bits per heavy atom. The molecule has 1 aliphatic heterocycles. The Bertz CT molecular complexity index is 572. The highest BCUT2D eigenvalue weighted by Gasteiger charge is 2.20. The third kappa shape index (κ3) is 6.37. The van der Waals surface area contributed by atoms with Gasteiger partial charge in [0.1, 0.15) is 0 Å². The van der Waals surface area contributed by atoms with E-state index in [0.29, 0.717) is 26.2 Å². The molecule has 0 saturated carbocycles. The first kappa shape index (κ1) is 20.3. The Kier molecular flexibility index (Phi) is 7.51. The number of hydrogen-bond acceptors (Lipinski definition) is 3. The van der Waals surface area contributed by atoms with Crippen molar-refractivity contribution in [1.82, 2.24) is 15.5 Å². The molecule has 2 rings (SSSR count). The maximum absolute atomic E-state index is 12.2. The molecule has 1 aromatic rings. The third-order valence-electron chi connectivity index (χ3n) is 3.79. The molecule has 1 aliphatic rings. The molecule has 1 aromatic carbocycles. The molecule has 1 heterocycles. The Hall–Kier alpha value is -1.79. The van der Waals surface area contributed by atoms with Gasteiger partial charge in [-0.15, -0.1) is 12.4 Å². The Morgan fingerprint density at radius 1 is 1.21 bits per heavy atom. The standard InChI is InChI=1S/C17H26N4O2.ClH/c1-17(2,18)12-20-15(22)7-9-19-16(23)21-10-8-13-5-3-4-6-14(13)11-21;/h3-6H,7-12,18H2,1-2H3,(H,19,23)(H,20,22);1H. The predicted octanol–water partition coefficient (Wildman–Crippen LogP) is 1.42. The van der Waals surface area contributed by atoms with Gasteiger partial charge in [-0.05, 0) is 31.4 Å². The molecule has 24 heavy (non-hydrogen) atoms. The number of benzene rings is 1. The number of carbonyl (C=O) groups is 2. The van der Waals surface area contributed by atoms with Gasteiger partial charge in [-0.3, -0.25) is 4.79 Å². The lowest BCUT2D eigenvalue weighted by molar-refractivity contribution is -0.121. The fourth-order valence-corrected chi connectivity index (χ4v) is 2.48. The van der Waals surface area contributed by atoms with E-state index >= 15 is 0 Å². The average molecular weight is 355 g/mol. The van der Waals surface area contributed by atoms with Crippen LogP contribution in [0.2, 0.25) is 0 Å². The second-order valence-corrected chi connectivity index (χ2v) is 6.69. The van der Waals surface area contributed by atoms with Crippen molar-refractivity contribution < 1.29 is 9.59 Å². The van der Waals surface area contributed by atoms with E-state index in [0.717, 1.165) is 6.42 Å². The van der Waals surface area contributed by atoms with Gasteiger partial charge in [-0.2, -0.15) is 0 Å². The van der Waals surface area contributed by atoms with Gasteiger partial charge in [0.15, 0.2) is 0 Å². The summed E-state index contributed by atoms with van der Waals surface area (Å²) < 4.78 is 0. The number of carbonyl (C=O) groups excluding carboxylic acids is 2. The Morgan fingerprint density at radius 2 is 1.88 bits per heavy atom. The van der Waals surface area contributed by atoms with E-state index in [1.807, 2.05) is 26.0 Å². The molecule has 4 N–H and O–H groups in total. The highest BCUT2D eigenvalue weighted by Crippen LogP contribution is 2.18. The molecule has 0 fully saturated rings. The summed E-state index contributed by atoms with van der Waals surface area (Å²) in [5, 5.41) is 5.57. The molecule has 0 spiro atoms. The van der Waals surface area contributed by atoms with Crippen LogP contribution in [0.5, 0.6) is 0 Å². The van der Waals surface area contributed by atoms with E-state index in [9.17, 15) is 9.59 Å². The topological polar surface area (TPSA) is 87.5 Å². The summed E-state index contributed by atoms with van der Waals surface area (Å²) in [7, 11) is 0. The number of nitrogens with one attached hydrogen (secondary N) is 2. The summed E-state index contributed by atoms with van der Waals surface area (Å²) in [5.74, 6) is -0.104. The van der Waals surface area contributed by atoms with E-state index in [-0.39, 0.29) is 30.8 Å². The molecule has 6 nitrogen and oxygen atoms in total. The fraction of sp³-hybridized carbons (Fsp3) is 0.529. The highest BCUT2D eigenvalue weighted by atomic mass is 35.5. The van der Waals surface area contributed by atoms with Gasteiger partial charge in [0.25, 0.3) is 0 Å². The van der Waals surface area contributed by atoms with Crippen molar-refractivity contribution in [2.24, 2.45) is 5.73 Å². The van der Waals surface area contributed by atoms with Crippen molar-refractivity contribution in [2.75, 3.05) is 19.6 Å². The molecular formula is C17H27ClN4O2. The summed E-state index contributed by atoms with van der Waals surface area (Å²) in [5.41, 5.74) is 7.87. The molecule has 0 bridgehead atoms. The summed E-state index contributed by atoms with van der Waals surface area (Å²) >= 11 is 0. The summed E-state index contributed by atoms with van der Waals surface area (Å²) in [6.45, 7) is 5.77. The number of nitrogens with zero attached hydrogens (tertiary/aromatic N) is 1. The first-order valence-electron chi connectivity index (χ1n) is 8.00. The van der Waals surface area contributed by atoms with Crippen molar-refractivity contribution in [3.63, 3.8) is 0 Å². The van der Waals surface area contributed by atoms with E-state index in [4.69, 9.17) is 5.73 Å². The van der Waals surface area contributed by atoms with E-state index in [2.05, 4.69) is 22.8 Å². The van der Waals surface area contributed by atoms with Crippen molar-refractivity contribution in [3.05, 3.63) is 35.4 Å². The van der Waals surface area contributed by atoms with Crippen molar-refractivity contribution in [2.45, 2.75) is 38.8 Å². The molecule has 0 aliphatic carbocycles. The number of nitrogens with two attached hydrogens (primary N) is 1. The zero-order valence-electron chi connectivity index (χ0n) is 14.3. The quantitative estimate of drug-likeness (QED) is 0.747. The Labute approximate surface area is 149 Å². The molecule has 0 atom stereocenters. The molecule has 0 unspecified atom stereocenters. The van der Waals surface area contributed by atoms with Gasteiger partial charge in [-0.1, -0.05) is 24.3 Å². The van der Waals surface area contributed by atoms with Crippen LogP contribution in [0, 0.1) is 0 Å². The van der Waals surface area contributed by atoms with Crippen LogP contribution in [0.25, 0.3) is 0 Å². The van der Waals surface area contributed by atoms with Crippen molar-refractivity contribution in [1.29, 1.82) is 0 Å². The maximum Gasteiger partial charge on any atom is 0.317 e. The minimum absolute atomic E-state index is 0. The SMILES string of the molecule is CC(C)(N)CNC(=O)CCNC(=O)N1CCc2ccccc2C1.Cl. The minimum atomic E-state index is -0.430. The molecule has 0 radical (unpaired) electrons. The van der Waals surface area contributed by atoms with Gasteiger partial charge < -0.3 is 21.3 Å². The monoisotopic (exact) mass is 354 g/mol. The third-order valence-corrected chi connectivity index (χ3v) is 3.79. The molecule has 7 heteroatoms. The van der Waals surface area contributed by atoms with Crippen LogP contribution in [-0.4, -0.2) is 42.0 Å². The molecule has 134 valence electrons. The summed E-state index contributed by atoms with van der Waals surface area (Å²) in [6, 6.07) is 8.05. The zero-order chi connectivity index (χ0) is 16.9. The smallest absolute Gasteiger partial charge is 0.317 e. The second-order valence-electron chi connectivity index (χ2n) is 6.69. The predicted molar refractivity (Wildman–Crippen MR) is 97.1 cm³/mol. The number of fused-ring (bicyclic) bond motifs is 1. The lowest BCUT2D eigenvalue weighted by Crippen LogP contribution is -2.46. The van der Waals surface area contributed by atoms with Gasteiger partial charge in [0, 0.05) is 38.1 Å². The lowest BCUT2D eigenvalue weighted by atomic mass is 10.0. The lowest BCUT2D eigenvalue weighted by Gasteiger charge is -2.29. The van der Waals surface area contributed by atoms with E-state index < -0.39 is 5.54 Å². The molecule has 0 aromatic heterocycles. The fourth-order valence-electron chi connectivity index (χ4n) is 2.48. The molecule has 3 amide bonds. The number of rotatable bonds is 5. The van der Waals surface area contributed by atoms with E-state index in [1.165, 1.54) is 11.1 Å². The highest BCUT2D eigenvalue weighted by molar-refractivity contribution is 5.85. The average Bonchev–Trinajstić information content (AvgIpc) is 2.51. The van der Waals surface area contributed by atoms with Gasteiger partial charge in [-0.25, -0.2) is 4.79 Å². The normalized spacial score (nSPS) is 13.5. The second kappa shape index (κ2) is 8.89. The summed E-state index contributed by atoms with van der Waals surface area (Å²) in [6.07, 6.45) is 1.13. The first-order chi connectivity index (χ1) is 10.8. The van der Waals surface area contributed by atoms with Crippen molar-refractivity contribution in [3.8, 4) is 0 Å². The minimum Gasteiger partial charge on any atom is -0.354 e. The van der Waals surface area contributed by atoms with Gasteiger partial charge in [0.05, 0.1) is 0 Å². The molecular weight excluding hydrogens is 328 g/mol. The summed E-state index contributed by atoms with van der Waals surface area (Å²) in [4.78, 5) is 25.6. The van der Waals surface area contributed by atoms with Crippen LogP contribution in [0.1, 0.15) is 31.4 Å². The van der Waals surface area contributed by atoms with Crippen LogP contribution in [-0.2, 0) is 17.8 Å². The zero-order valence-corrected chi connectivity index (χ0v) is 15.1. The molecule has 0 saturated heterocycles. The van der Waals surface area contributed by atoms with Crippen molar-refractivity contribution >= 4 is 24.3 Å². The van der Waals surface area contributed by atoms with Crippen LogP contribution >= 0.6 is 12.4 Å². The van der Waals surface area contributed by atoms with Crippen LogP contribution in [0.3, 0.4) is 0 Å². The van der Waals surface area contributed by atoms with Crippen LogP contribution < -0.4 is 16.4 Å². The number of amides is 3. The number of halogens is 1. The number of urea groups is 1. The first-order valence-corrected chi connectivity index (χ1v) is 8.00. The Balaban J connectivity index is 0.00000288. The largest absolute Gasteiger partial charge is 0.354 e. The maximum atomic E-state index is 12.2. The van der Waals surface area contributed by atoms with Gasteiger partial charge >= 0.3 is 6.03 Å². The van der Waals surface area contributed by atoms with Crippen LogP contribution in [0.15, 0.2) is 24.3 Å². The van der Waals surface area contributed by atoms with Crippen LogP contribution in [0.4, 0.5) is 4.79 Å². The van der Waals surface area contributed by atoms with Gasteiger partial charge in [0.2, 0.25) is 5.91 Å².